The summed E-state index contributed by atoms with van der Waals surface area (Å²) in [6.07, 6.45) is -2.20. The summed E-state index contributed by atoms with van der Waals surface area (Å²) in [6, 6.07) is -5.57. The van der Waals surface area contributed by atoms with Gasteiger partial charge in [0.15, 0.2) is 5.96 Å². The van der Waals surface area contributed by atoms with Crippen LogP contribution in [-0.4, -0.2) is 88.5 Å². The second kappa shape index (κ2) is 16.6. The summed E-state index contributed by atoms with van der Waals surface area (Å²) in [5, 5.41) is 26.2. The smallest absolute Gasteiger partial charge is 0.326 e. The Morgan fingerprint density at radius 1 is 0.784 bits per heavy atom. The van der Waals surface area contributed by atoms with Crippen LogP contribution in [0.25, 0.3) is 0 Å². The number of carboxylic acid groups (broad SMARTS) is 1. The number of primary amides is 2. The van der Waals surface area contributed by atoms with Crippen molar-refractivity contribution in [2.75, 3.05) is 6.54 Å². The number of aliphatic hydroxyl groups excluding tert-OH is 1. The maximum Gasteiger partial charge on any atom is 0.326 e. The number of nitrogens with one attached hydrogen (secondary N) is 3. The number of aliphatic imine (C=N–C) groups is 1. The lowest BCUT2D eigenvalue weighted by molar-refractivity contribution is -0.142. The van der Waals surface area contributed by atoms with E-state index >= 15 is 0 Å². The topological polar surface area (TPSA) is 321 Å². The van der Waals surface area contributed by atoms with Gasteiger partial charge < -0.3 is 54.8 Å². The summed E-state index contributed by atoms with van der Waals surface area (Å²) in [5.41, 5.74) is 26.3. The molecule has 5 atom stereocenters. The third-order valence-electron chi connectivity index (χ3n) is 4.97. The second-order valence-corrected chi connectivity index (χ2v) is 8.25. The lowest BCUT2D eigenvalue weighted by atomic mass is 10.1. The molecule has 0 aliphatic heterocycles. The van der Waals surface area contributed by atoms with Gasteiger partial charge in [0.1, 0.15) is 18.1 Å². The van der Waals surface area contributed by atoms with Gasteiger partial charge in [-0.1, -0.05) is 0 Å². The molecular formula is C20H37N9O8. The molecule has 0 spiro atoms. The minimum absolute atomic E-state index is 0.0604. The van der Waals surface area contributed by atoms with Crippen LogP contribution in [0.15, 0.2) is 4.99 Å². The number of aliphatic carboxylic acids is 1. The van der Waals surface area contributed by atoms with Crippen molar-refractivity contribution in [3.8, 4) is 0 Å². The first kappa shape index (κ1) is 33.0. The predicted octanol–water partition coefficient (Wildman–Crippen LogP) is -5.18. The Kier molecular flexibility index (Phi) is 14.8. The minimum Gasteiger partial charge on any atom is -0.480 e. The first-order valence-electron chi connectivity index (χ1n) is 11.3. The highest BCUT2D eigenvalue weighted by atomic mass is 16.4. The van der Waals surface area contributed by atoms with Gasteiger partial charge in [0.05, 0.1) is 12.1 Å². The van der Waals surface area contributed by atoms with E-state index in [1.54, 1.807) is 0 Å². The largest absolute Gasteiger partial charge is 0.480 e. The Morgan fingerprint density at radius 3 is 1.81 bits per heavy atom. The zero-order valence-corrected chi connectivity index (χ0v) is 20.5. The molecule has 0 aromatic carbocycles. The van der Waals surface area contributed by atoms with Gasteiger partial charge in [-0.05, 0) is 32.6 Å². The molecule has 0 aromatic rings. The predicted molar refractivity (Wildman–Crippen MR) is 130 cm³/mol. The molecule has 0 heterocycles. The third-order valence-corrected chi connectivity index (χ3v) is 4.97. The van der Waals surface area contributed by atoms with Crippen LogP contribution in [0.5, 0.6) is 0 Å². The number of carbonyl (C=O) groups excluding carboxylic acids is 5. The van der Waals surface area contributed by atoms with E-state index in [1.807, 2.05) is 0 Å². The fourth-order valence-corrected chi connectivity index (χ4v) is 2.94. The van der Waals surface area contributed by atoms with Crippen molar-refractivity contribution in [1.29, 1.82) is 0 Å². The van der Waals surface area contributed by atoms with E-state index in [4.69, 9.17) is 28.7 Å². The molecule has 0 saturated carbocycles. The molecule has 5 unspecified atom stereocenters. The molecule has 37 heavy (non-hydrogen) atoms. The molecule has 0 aliphatic rings. The Balaban J connectivity index is 5.57. The normalized spacial score (nSPS) is 14.7. The van der Waals surface area contributed by atoms with E-state index in [1.165, 1.54) is 6.92 Å². The van der Waals surface area contributed by atoms with Crippen LogP contribution >= 0.6 is 0 Å². The van der Waals surface area contributed by atoms with Crippen molar-refractivity contribution in [3.05, 3.63) is 0 Å². The number of nitrogens with two attached hydrogens (primary N) is 5. The molecule has 17 nitrogen and oxygen atoms in total. The number of amides is 5. The number of hydrogen-bond acceptors (Lipinski definition) is 9. The maximum atomic E-state index is 12.9. The van der Waals surface area contributed by atoms with Crippen LogP contribution in [-0.2, 0) is 28.8 Å². The van der Waals surface area contributed by atoms with Gasteiger partial charge >= 0.3 is 5.97 Å². The Morgan fingerprint density at radius 2 is 1.32 bits per heavy atom. The average Bonchev–Trinajstić information content (AvgIpc) is 2.79. The van der Waals surface area contributed by atoms with Crippen LogP contribution in [0.2, 0.25) is 0 Å². The number of rotatable bonds is 18. The monoisotopic (exact) mass is 531 g/mol. The minimum atomic E-state index is -1.55. The van der Waals surface area contributed by atoms with Crippen molar-refractivity contribution in [2.24, 2.45) is 33.7 Å². The van der Waals surface area contributed by atoms with Crippen LogP contribution in [0.3, 0.4) is 0 Å². The molecule has 0 aromatic heterocycles. The van der Waals surface area contributed by atoms with Gasteiger partial charge in [-0.3, -0.25) is 29.0 Å². The number of guanidine groups is 1. The van der Waals surface area contributed by atoms with Crippen molar-refractivity contribution < 1.29 is 39.0 Å². The zero-order valence-electron chi connectivity index (χ0n) is 20.5. The highest BCUT2D eigenvalue weighted by molar-refractivity contribution is 5.94. The summed E-state index contributed by atoms with van der Waals surface area (Å²) in [7, 11) is 0. The van der Waals surface area contributed by atoms with Gasteiger partial charge in [0, 0.05) is 19.4 Å². The highest BCUT2D eigenvalue weighted by Gasteiger charge is 2.32. The van der Waals surface area contributed by atoms with Crippen molar-refractivity contribution in [2.45, 2.75) is 75.7 Å². The van der Waals surface area contributed by atoms with Crippen LogP contribution in [0.1, 0.15) is 45.4 Å². The van der Waals surface area contributed by atoms with E-state index in [2.05, 4.69) is 20.9 Å². The zero-order chi connectivity index (χ0) is 28.7. The number of carboxylic acids is 1. The van der Waals surface area contributed by atoms with Gasteiger partial charge in [-0.15, -0.1) is 0 Å². The molecule has 0 fully saturated rings. The lowest BCUT2D eigenvalue weighted by Crippen LogP contribution is -2.59. The second-order valence-electron chi connectivity index (χ2n) is 8.25. The molecule has 0 radical (unpaired) electrons. The SMILES string of the molecule is CC(O)C(NC(=O)C(N)CCC(N)=O)C(=O)NC(CCCN=C(N)N)C(=O)NC(CCC(N)=O)C(=O)O. The van der Waals surface area contributed by atoms with Gasteiger partial charge in [-0.25, -0.2) is 4.79 Å². The number of carbonyl (C=O) groups is 6. The summed E-state index contributed by atoms with van der Waals surface area (Å²) in [4.78, 5) is 75.2. The molecule has 210 valence electrons. The van der Waals surface area contributed by atoms with Gasteiger partial charge in [0.25, 0.3) is 0 Å². The lowest BCUT2D eigenvalue weighted by Gasteiger charge is -2.26. The Hall–Kier alpha value is -3.99. The van der Waals surface area contributed by atoms with E-state index in [9.17, 15) is 39.0 Å². The van der Waals surface area contributed by atoms with Crippen molar-refractivity contribution >= 4 is 41.5 Å². The number of hydrogen-bond donors (Lipinski definition) is 10. The number of aliphatic hydroxyl groups is 1. The van der Waals surface area contributed by atoms with Gasteiger partial charge in [0.2, 0.25) is 29.5 Å². The van der Waals surface area contributed by atoms with E-state index in [0.717, 1.165) is 0 Å². The van der Waals surface area contributed by atoms with Crippen LogP contribution < -0.4 is 44.6 Å². The quantitative estimate of drug-likeness (QED) is 0.0452. The third kappa shape index (κ3) is 14.2. The fraction of sp³-hybridized carbons (Fsp3) is 0.650. The Labute approximate surface area is 212 Å². The van der Waals surface area contributed by atoms with Crippen molar-refractivity contribution in [1.82, 2.24) is 16.0 Å². The molecule has 0 saturated heterocycles. The molecule has 0 aliphatic carbocycles. The van der Waals surface area contributed by atoms with Crippen LogP contribution in [0, 0.1) is 0 Å². The summed E-state index contributed by atoms with van der Waals surface area (Å²) >= 11 is 0. The molecule has 5 amide bonds. The highest BCUT2D eigenvalue weighted by Crippen LogP contribution is 2.05. The van der Waals surface area contributed by atoms with E-state index < -0.39 is 65.8 Å². The van der Waals surface area contributed by atoms with E-state index in [-0.39, 0.29) is 51.0 Å². The Bertz CT molecular complexity index is 861. The van der Waals surface area contributed by atoms with Crippen molar-refractivity contribution in [3.63, 3.8) is 0 Å². The standard InChI is InChI=1S/C20H37N9O8/c1-9(30)15(29-16(33)10(21)4-6-13(22)31)18(35)27-11(3-2-8-26-20(24)25)17(34)28-12(19(36)37)5-7-14(23)32/h9-12,15,30H,2-8,21H2,1H3,(H2,22,31)(H2,23,32)(H,27,35)(H,28,34)(H,29,33)(H,36,37)(H4,24,25,26). The molecular weight excluding hydrogens is 494 g/mol. The molecule has 17 heteroatoms. The first-order chi connectivity index (χ1) is 17.1. The number of nitrogens with zero attached hydrogens (tertiary/aromatic N) is 1. The maximum absolute atomic E-state index is 12.9. The molecule has 15 N–H and O–H groups in total. The molecule has 0 rings (SSSR count). The fourth-order valence-electron chi connectivity index (χ4n) is 2.94. The van der Waals surface area contributed by atoms with E-state index in [0.29, 0.717) is 0 Å². The molecule has 0 bridgehead atoms. The average molecular weight is 532 g/mol. The van der Waals surface area contributed by atoms with Gasteiger partial charge in [-0.2, -0.15) is 0 Å². The summed E-state index contributed by atoms with van der Waals surface area (Å²) in [6.45, 7) is 1.29. The first-order valence-corrected chi connectivity index (χ1v) is 11.3. The summed E-state index contributed by atoms with van der Waals surface area (Å²) < 4.78 is 0. The summed E-state index contributed by atoms with van der Waals surface area (Å²) in [5.74, 6) is -5.83. The van der Waals surface area contributed by atoms with Crippen LogP contribution in [0.4, 0.5) is 0 Å².